The van der Waals surface area contributed by atoms with Gasteiger partial charge < -0.3 is 10.4 Å². The maximum absolute atomic E-state index is 14.4. The molecule has 0 aromatic heterocycles. The number of allylic oxidation sites excluding steroid dienone is 1. The fourth-order valence-corrected chi connectivity index (χ4v) is 6.60. The van der Waals surface area contributed by atoms with Crippen LogP contribution >= 0.6 is 0 Å². The number of Topliss-reactive ketones (excluding diaryl/α,β-unsaturated/α-hetero) is 1. The number of carbonyl (C=O) groups excluding carboxylic acids is 2. The average molecular weight is 581 g/mol. The molecule has 1 heterocycles. The third-order valence-electron chi connectivity index (χ3n) is 9.06. The van der Waals surface area contributed by atoms with E-state index in [9.17, 15) is 19.1 Å². The highest BCUT2D eigenvalue weighted by Crippen LogP contribution is 2.51. The van der Waals surface area contributed by atoms with E-state index < -0.39 is 6.04 Å². The van der Waals surface area contributed by atoms with Crippen LogP contribution in [0.3, 0.4) is 0 Å². The predicted octanol–water partition coefficient (Wildman–Crippen LogP) is 8.44. The van der Waals surface area contributed by atoms with Crippen LogP contribution in [0, 0.1) is 11.7 Å². The van der Waals surface area contributed by atoms with Crippen molar-refractivity contribution in [3.8, 4) is 5.75 Å². The van der Waals surface area contributed by atoms with Gasteiger partial charge in [-0.05, 0) is 94.7 Å². The summed E-state index contributed by atoms with van der Waals surface area (Å²) in [5, 5.41) is 15.1. The summed E-state index contributed by atoms with van der Waals surface area (Å²) in [6.45, 7) is 12.4. The number of nitrogens with one attached hydrogen (secondary N) is 1. The van der Waals surface area contributed by atoms with Crippen molar-refractivity contribution in [2.75, 3.05) is 10.2 Å². The van der Waals surface area contributed by atoms with E-state index >= 15 is 0 Å². The van der Waals surface area contributed by atoms with E-state index in [4.69, 9.17) is 0 Å². The molecule has 3 aromatic carbocycles. The molecule has 6 rings (SSSR count). The van der Waals surface area contributed by atoms with Crippen LogP contribution in [0.2, 0.25) is 0 Å². The Bertz CT molecular complexity index is 1600. The van der Waals surface area contributed by atoms with Crippen molar-refractivity contribution in [3.05, 3.63) is 100 Å². The Balaban J connectivity index is 1.62. The third kappa shape index (κ3) is 5.37. The molecule has 43 heavy (non-hydrogen) atoms. The molecule has 1 aliphatic heterocycles. The number of halogens is 1. The molecule has 2 aliphatic carbocycles. The van der Waals surface area contributed by atoms with Crippen molar-refractivity contribution in [3.63, 3.8) is 0 Å². The number of phenols is 1. The lowest BCUT2D eigenvalue weighted by Crippen LogP contribution is -2.39. The van der Waals surface area contributed by atoms with E-state index in [2.05, 4.69) is 46.9 Å². The largest absolute Gasteiger partial charge is 0.507 e. The topological polar surface area (TPSA) is 69.6 Å². The number of para-hydroxylation sites is 2. The fraction of sp³-hybridized carbons (Fsp3) is 0.405. The lowest BCUT2D eigenvalue weighted by Gasteiger charge is -2.37. The Morgan fingerprint density at radius 1 is 0.884 bits per heavy atom. The van der Waals surface area contributed by atoms with Crippen LogP contribution in [-0.2, 0) is 20.4 Å². The van der Waals surface area contributed by atoms with Gasteiger partial charge >= 0.3 is 0 Å². The summed E-state index contributed by atoms with van der Waals surface area (Å²) in [4.78, 5) is 30.5. The summed E-state index contributed by atoms with van der Waals surface area (Å²) in [6, 6.07) is 17.5. The number of anilines is 2. The zero-order valence-electron chi connectivity index (χ0n) is 25.9. The van der Waals surface area contributed by atoms with Crippen LogP contribution in [0.15, 0.2) is 71.9 Å². The number of amides is 1. The van der Waals surface area contributed by atoms with Gasteiger partial charge in [0, 0.05) is 23.6 Å². The van der Waals surface area contributed by atoms with Crippen LogP contribution in [-0.4, -0.2) is 16.8 Å². The van der Waals surface area contributed by atoms with Gasteiger partial charge in [0.1, 0.15) is 11.6 Å². The SMILES string of the molecule is CC(C)(C)c1cc([C@H]2C3=C(C[C@H](c4ccc(F)cc4)CC3=O)Nc3ccccc3N2C(=O)C2CC2)cc(C(C)(C)C)c1O. The number of fused-ring (bicyclic) bond motifs is 1. The lowest BCUT2D eigenvalue weighted by atomic mass is 9.74. The number of phenolic OH excluding ortho intramolecular Hbond substituents is 1. The van der Waals surface area contributed by atoms with E-state index in [1.54, 1.807) is 12.1 Å². The number of aromatic hydroxyl groups is 1. The van der Waals surface area contributed by atoms with Crippen LogP contribution in [0.1, 0.15) is 101 Å². The highest BCUT2D eigenvalue weighted by Gasteiger charge is 2.45. The Kier molecular flexibility index (Phi) is 7.02. The number of carbonyl (C=O) groups is 2. The van der Waals surface area contributed by atoms with Gasteiger partial charge in [-0.1, -0.05) is 65.8 Å². The standard InChI is InChI=1S/C37H41FN2O3/c1-36(2,3)26-17-24(18-27(34(26)42)37(4,5)6)33-32-29(19-23(20-31(32)41)21-13-15-25(38)16-14-21)39-28-9-7-8-10-30(28)40(33)35(43)22-11-12-22/h7-10,13-18,22-23,33,39,42H,11-12,19-20H2,1-6H3/t23-,33-/m0/s1. The van der Waals surface area contributed by atoms with Crippen LogP contribution in [0.25, 0.3) is 0 Å². The molecule has 1 fully saturated rings. The highest BCUT2D eigenvalue weighted by molar-refractivity contribution is 6.07. The van der Waals surface area contributed by atoms with E-state index in [0.29, 0.717) is 12.0 Å². The number of benzene rings is 3. The first-order chi connectivity index (χ1) is 20.2. The molecule has 2 N–H and O–H groups in total. The van der Waals surface area contributed by atoms with Crippen LogP contribution in [0.4, 0.5) is 15.8 Å². The predicted molar refractivity (Wildman–Crippen MR) is 169 cm³/mol. The molecule has 0 bridgehead atoms. The Hall–Kier alpha value is -3.93. The summed E-state index contributed by atoms with van der Waals surface area (Å²) in [7, 11) is 0. The summed E-state index contributed by atoms with van der Waals surface area (Å²) in [5.74, 6) is -0.256. The van der Waals surface area contributed by atoms with Crippen LogP contribution < -0.4 is 10.2 Å². The second kappa shape index (κ2) is 10.4. The highest BCUT2D eigenvalue weighted by atomic mass is 19.1. The lowest BCUT2D eigenvalue weighted by molar-refractivity contribution is -0.120. The van der Waals surface area contributed by atoms with E-state index in [1.807, 2.05) is 41.3 Å². The van der Waals surface area contributed by atoms with Gasteiger partial charge in [0.2, 0.25) is 5.91 Å². The molecule has 0 spiro atoms. The number of nitrogens with zero attached hydrogens (tertiary/aromatic N) is 1. The molecule has 0 unspecified atom stereocenters. The van der Waals surface area contributed by atoms with Gasteiger partial charge in [-0.15, -0.1) is 0 Å². The first-order valence-electron chi connectivity index (χ1n) is 15.3. The number of hydrogen-bond acceptors (Lipinski definition) is 4. The minimum Gasteiger partial charge on any atom is -0.507 e. The summed E-state index contributed by atoms with van der Waals surface area (Å²) in [5.41, 5.74) is 5.45. The van der Waals surface area contributed by atoms with Crippen molar-refractivity contribution >= 4 is 23.1 Å². The van der Waals surface area contributed by atoms with Crippen molar-refractivity contribution in [1.82, 2.24) is 0 Å². The van der Waals surface area contributed by atoms with Gasteiger partial charge in [-0.25, -0.2) is 4.39 Å². The number of hydrogen-bond donors (Lipinski definition) is 2. The minimum absolute atomic E-state index is 0.0177. The first kappa shape index (κ1) is 29.2. The Morgan fingerprint density at radius 3 is 2.07 bits per heavy atom. The zero-order valence-corrected chi connectivity index (χ0v) is 25.9. The monoisotopic (exact) mass is 580 g/mol. The molecule has 6 heteroatoms. The maximum atomic E-state index is 14.4. The average Bonchev–Trinajstić information content (AvgIpc) is 3.78. The zero-order chi connectivity index (χ0) is 30.8. The van der Waals surface area contributed by atoms with Crippen molar-refractivity contribution in [2.24, 2.45) is 5.92 Å². The second-order valence-electron chi connectivity index (χ2n) is 14.5. The molecule has 5 nitrogen and oxygen atoms in total. The van der Waals surface area contributed by atoms with E-state index in [-0.39, 0.29) is 52.3 Å². The molecule has 2 atom stereocenters. The normalized spacial score (nSPS) is 20.7. The second-order valence-corrected chi connectivity index (χ2v) is 14.5. The molecular formula is C37H41FN2O3. The van der Waals surface area contributed by atoms with Gasteiger partial charge in [-0.2, -0.15) is 0 Å². The molecular weight excluding hydrogens is 539 g/mol. The molecule has 1 saturated carbocycles. The summed E-state index contributed by atoms with van der Waals surface area (Å²) >= 11 is 0. The molecule has 3 aliphatic rings. The third-order valence-corrected chi connectivity index (χ3v) is 9.06. The van der Waals surface area contributed by atoms with E-state index in [1.165, 1.54) is 12.1 Å². The quantitative estimate of drug-likeness (QED) is 0.326. The number of ketones is 1. The van der Waals surface area contributed by atoms with Gasteiger partial charge in [-0.3, -0.25) is 14.5 Å². The molecule has 0 saturated heterocycles. The van der Waals surface area contributed by atoms with Gasteiger partial charge in [0.15, 0.2) is 5.78 Å². The molecule has 1 amide bonds. The number of rotatable bonds is 3. The van der Waals surface area contributed by atoms with Crippen molar-refractivity contribution in [2.45, 2.75) is 90.0 Å². The van der Waals surface area contributed by atoms with Crippen molar-refractivity contribution in [1.29, 1.82) is 0 Å². The molecule has 224 valence electrons. The first-order valence-corrected chi connectivity index (χ1v) is 15.3. The maximum Gasteiger partial charge on any atom is 0.231 e. The van der Waals surface area contributed by atoms with Gasteiger partial charge in [0.05, 0.1) is 17.4 Å². The van der Waals surface area contributed by atoms with Crippen LogP contribution in [0.5, 0.6) is 5.75 Å². The molecule has 3 aromatic rings. The minimum atomic E-state index is -0.663. The smallest absolute Gasteiger partial charge is 0.231 e. The summed E-state index contributed by atoms with van der Waals surface area (Å²) in [6.07, 6.45) is 2.49. The van der Waals surface area contributed by atoms with Gasteiger partial charge in [0.25, 0.3) is 0 Å². The van der Waals surface area contributed by atoms with E-state index in [0.717, 1.165) is 52.2 Å². The molecule has 0 radical (unpaired) electrons. The summed E-state index contributed by atoms with van der Waals surface area (Å²) < 4.78 is 13.8. The Morgan fingerprint density at radius 2 is 1.49 bits per heavy atom. The fourth-order valence-electron chi connectivity index (χ4n) is 6.60. The Labute approximate surface area is 253 Å². The van der Waals surface area contributed by atoms with Crippen molar-refractivity contribution < 1.29 is 19.1 Å².